The zero-order chi connectivity index (χ0) is 22.5. The molecular weight excluding hydrogens is 412 g/mol. The van der Waals surface area contributed by atoms with E-state index in [9.17, 15) is 4.79 Å². The molecule has 1 amide bonds. The highest BCUT2D eigenvalue weighted by Gasteiger charge is 2.08. The lowest BCUT2D eigenvalue weighted by Gasteiger charge is -2.10. The lowest BCUT2D eigenvalue weighted by atomic mass is 10.1. The maximum atomic E-state index is 12.6. The second-order valence-electron chi connectivity index (χ2n) is 7.33. The molecule has 0 radical (unpaired) electrons. The highest BCUT2D eigenvalue weighted by molar-refractivity contribution is 6.04. The van der Waals surface area contributed by atoms with E-state index < -0.39 is 0 Å². The molecule has 3 N–H and O–H groups in total. The van der Waals surface area contributed by atoms with E-state index in [0.29, 0.717) is 11.4 Å². The van der Waals surface area contributed by atoms with Gasteiger partial charge in [-0.15, -0.1) is 0 Å². The Morgan fingerprint density at radius 3 is 2.21 bits per heavy atom. The molecule has 5 rings (SSSR count). The first kappa shape index (κ1) is 20.1. The Bertz CT molecular complexity index is 1380. The molecule has 7 heteroatoms. The summed E-state index contributed by atoms with van der Waals surface area (Å²) in [5.74, 6) is 0.254. The summed E-state index contributed by atoms with van der Waals surface area (Å²) in [5, 5.41) is 10.5. The van der Waals surface area contributed by atoms with Crippen LogP contribution in [-0.4, -0.2) is 20.9 Å². The van der Waals surface area contributed by atoms with Crippen LogP contribution in [-0.2, 0) is 0 Å². The molecule has 5 aromatic rings. The lowest BCUT2D eigenvalue weighted by molar-refractivity contribution is 0.102. The van der Waals surface area contributed by atoms with Crippen LogP contribution in [0, 0.1) is 0 Å². The molecule has 0 saturated heterocycles. The van der Waals surface area contributed by atoms with Gasteiger partial charge in [-0.3, -0.25) is 14.8 Å². The molecule has 160 valence electrons. The summed E-state index contributed by atoms with van der Waals surface area (Å²) in [7, 11) is 0. The molecular formula is C26H20N6O. The van der Waals surface area contributed by atoms with E-state index in [-0.39, 0.29) is 5.91 Å². The number of fused-ring (bicyclic) bond motifs is 1. The van der Waals surface area contributed by atoms with Crippen molar-refractivity contribution < 1.29 is 4.79 Å². The average Bonchev–Trinajstić information content (AvgIpc) is 2.86. The minimum absolute atomic E-state index is 0.224. The third kappa shape index (κ3) is 4.77. The van der Waals surface area contributed by atoms with E-state index in [0.717, 1.165) is 33.7 Å². The van der Waals surface area contributed by atoms with Crippen molar-refractivity contribution >= 4 is 45.4 Å². The quantitative estimate of drug-likeness (QED) is 0.316. The standard InChI is InChI=1S/C26H20N6O/c33-26(32-25-10-9-21(17-29-25)30-20-11-14-27-15-12-20)18-5-7-19(8-6-18)31-24-13-16-28-23-4-2-1-3-22(23)24/h1-17H,(H,27,30)(H,28,31)(H,29,32,33). The fraction of sp³-hybridized carbons (Fsp3) is 0. The van der Waals surface area contributed by atoms with Crippen LogP contribution in [0.5, 0.6) is 0 Å². The second-order valence-corrected chi connectivity index (χ2v) is 7.33. The van der Waals surface area contributed by atoms with Gasteiger partial charge in [0.2, 0.25) is 0 Å². The summed E-state index contributed by atoms with van der Waals surface area (Å²) in [4.78, 5) is 25.3. The summed E-state index contributed by atoms with van der Waals surface area (Å²) < 4.78 is 0. The number of hydrogen-bond acceptors (Lipinski definition) is 6. The largest absolute Gasteiger partial charge is 0.355 e. The van der Waals surface area contributed by atoms with Crippen LogP contribution in [0.15, 0.2) is 104 Å². The Hall–Kier alpha value is -4.78. The van der Waals surface area contributed by atoms with E-state index in [4.69, 9.17) is 0 Å². The number of hydrogen-bond donors (Lipinski definition) is 3. The van der Waals surface area contributed by atoms with Crippen LogP contribution in [0.4, 0.5) is 28.6 Å². The van der Waals surface area contributed by atoms with Crippen molar-refractivity contribution in [1.29, 1.82) is 0 Å². The van der Waals surface area contributed by atoms with Crippen molar-refractivity contribution in [2.75, 3.05) is 16.0 Å². The fourth-order valence-corrected chi connectivity index (χ4v) is 3.40. The SMILES string of the molecule is O=C(Nc1ccc(Nc2ccncc2)cn1)c1ccc(Nc2ccnc3ccccc23)cc1. The number of aromatic nitrogens is 3. The maximum absolute atomic E-state index is 12.6. The molecule has 3 aromatic heterocycles. The minimum atomic E-state index is -0.224. The summed E-state index contributed by atoms with van der Waals surface area (Å²) in [6.07, 6.45) is 6.87. The van der Waals surface area contributed by atoms with Crippen molar-refractivity contribution in [2.45, 2.75) is 0 Å². The molecule has 0 bridgehead atoms. The van der Waals surface area contributed by atoms with Crippen molar-refractivity contribution in [1.82, 2.24) is 15.0 Å². The van der Waals surface area contributed by atoms with Gasteiger partial charge in [-0.1, -0.05) is 18.2 Å². The molecule has 0 spiro atoms. The summed E-state index contributed by atoms with van der Waals surface area (Å²) in [5.41, 5.74) is 5.04. The minimum Gasteiger partial charge on any atom is -0.355 e. The predicted molar refractivity (Wildman–Crippen MR) is 131 cm³/mol. The molecule has 0 unspecified atom stereocenters. The Labute approximate surface area is 190 Å². The van der Waals surface area contributed by atoms with E-state index >= 15 is 0 Å². The first-order valence-electron chi connectivity index (χ1n) is 10.4. The molecule has 0 saturated carbocycles. The zero-order valence-corrected chi connectivity index (χ0v) is 17.6. The Balaban J connectivity index is 1.23. The van der Waals surface area contributed by atoms with E-state index in [2.05, 4.69) is 30.9 Å². The summed E-state index contributed by atoms with van der Waals surface area (Å²) >= 11 is 0. The summed E-state index contributed by atoms with van der Waals surface area (Å²) in [6, 6.07) is 24.5. The molecule has 2 aromatic carbocycles. The first-order chi connectivity index (χ1) is 16.2. The van der Waals surface area contributed by atoms with Crippen LogP contribution >= 0.6 is 0 Å². The molecule has 0 fully saturated rings. The van der Waals surface area contributed by atoms with Gasteiger partial charge in [0, 0.05) is 46.6 Å². The molecule has 33 heavy (non-hydrogen) atoms. The third-order valence-electron chi connectivity index (χ3n) is 5.05. The predicted octanol–water partition coefficient (Wildman–Crippen LogP) is 5.76. The second kappa shape index (κ2) is 9.15. The number of para-hydroxylation sites is 1. The van der Waals surface area contributed by atoms with Crippen molar-refractivity contribution in [2.24, 2.45) is 0 Å². The van der Waals surface area contributed by atoms with Gasteiger partial charge in [0.05, 0.1) is 17.4 Å². The Morgan fingerprint density at radius 2 is 1.42 bits per heavy atom. The number of carbonyl (C=O) groups excluding carboxylic acids is 1. The molecule has 3 heterocycles. The van der Waals surface area contributed by atoms with Gasteiger partial charge in [-0.25, -0.2) is 4.98 Å². The Morgan fingerprint density at radius 1 is 0.667 bits per heavy atom. The van der Waals surface area contributed by atoms with Crippen LogP contribution < -0.4 is 16.0 Å². The highest BCUT2D eigenvalue weighted by Crippen LogP contribution is 2.25. The monoisotopic (exact) mass is 432 g/mol. The van der Waals surface area contributed by atoms with Gasteiger partial charge < -0.3 is 16.0 Å². The van der Waals surface area contributed by atoms with Crippen LogP contribution in [0.25, 0.3) is 10.9 Å². The molecule has 0 aliphatic carbocycles. The number of benzene rings is 2. The smallest absolute Gasteiger partial charge is 0.256 e. The first-order valence-corrected chi connectivity index (χ1v) is 10.4. The number of carbonyl (C=O) groups is 1. The third-order valence-corrected chi connectivity index (χ3v) is 5.05. The van der Waals surface area contributed by atoms with Crippen molar-refractivity contribution in [3.05, 3.63) is 109 Å². The van der Waals surface area contributed by atoms with Gasteiger partial charge >= 0.3 is 0 Å². The normalized spacial score (nSPS) is 10.5. The number of nitrogens with zero attached hydrogens (tertiary/aromatic N) is 3. The number of amides is 1. The summed E-state index contributed by atoms with van der Waals surface area (Å²) in [6.45, 7) is 0. The number of rotatable bonds is 6. The molecule has 0 aliphatic rings. The van der Waals surface area contributed by atoms with Gasteiger partial charge in [0.15, 0.2) is 0 Å². The van der Waals surface area contributed by atoms with Crippen LogP contribution in [0.1, 0.15) is 10.4 Å². The van der Waals surface area contributed by atoms with Gasteiger partial charge in [-0.2, -0.15) is 0 Å². The Kier molecular flexibility index (Phi) is 5.59. The average molecular weight is 432 g/mol. The number of nitrogens with one attached hydrogen (secondary N) is 3. The van der Waals surface area contributed by atoms with Crippen molar-refractivity contribution in [3.8, 4) is 0 Å². The molecule has 0 aliphatic heterocycles. The highest BCUT2D eigenvalue weighted by atomic mass is 16.1. The molecule has 0 atom stereocenters. The molecule has 7 nitrogen and oxygen atoms in total. The van der Waals surface area contributed by atoms with Gasteiger partial charge in [0.25, 0.3) is 5.91 Å². The van der Waals surface area contributed by atoms with E-state index in [1.165, 1.54) is 0 Å². The van der Waals surface area contributed by atoms with Crippen LogP contribution in [0.3, 0.4) is 0 Å². The van der Waals surface area contributed by atoms with E-state index in [1.807, 2.05) is 60.7 Å². The number of anilines is 5. The number of pyridine rings is 3. The lowest BCUT2D eigenvalue weighted by Crippen LogP contribution is -2.12. The topological polar surface area (TPSA) is 91.8 Å². The fourth-order valence-electron chi connectivity index (χ4n) is 3.40. The van der Waals surface area contributed by atoms with Crippen LogP contribution in [0.2, 0.25) is 0 Å². The maximum Gasteiger partial charge on any atom is 0.256 e. The van der Waals surface area contributed by atoms with Gasteiger partial charge in [-0.05, 0) is 60.7 Å². The zero-order valence-electron chi connectivity index (χ0n) is 17.6. The van der Waals surface area contributed by atoms with Gasteiger partial charge in [0.1, 0.15) is 5.82 Å². The van der Waals surface area contributed by atoms with E-state index in [1.54, 1.807) is 43.0 Å². The van der Waals surface area contributed by atoms with Crippen molar-refractivity contribution in [3.63, 3.8) is 0 Å².